The Labute approximate surface area is 246 Å². The standard InChI is InChI=1S/C34H52O7/c1-19(2)20(3)9-10-21(4)28-13-14-29-27-12-11-25-15-26(38)16-31(41-24(7)37)33(25,8)32(27)30(40-23(6)36)17-34(28,29)18-39-22(5)35/h11,19,21,26-32,38H,3,9-10,12-18H2,1-2,4-8H3/t21-,26-,27+,28-,29+,30-,31+,32-,33-,34+/m1/s1. The fourth-order valence-electron chi connectivity index (χ4n) is 9.55. The van der Waals surface area contributed by atoms with Crippen molar-refractivity contribution in [2.75, 3.05) is 6.61 Å². The summed E-state index contributed by atoms with van der Waals surface area (Å²) in [6.45, 7) is 17.8. The van der Waals surface area contributed by atoms with Gasteiger partial charge in [-0.05, 0) is 74.5 Å². The van der Waals surface area contributed by atoms with Crippen LogP contribution in [-0.4, -0.2) is 47.9 Å². The van der Waals surface area contributed by atoms with E-state index in [0.717, 1.165) is 37.7 Å². The van der Waals surface area contributed by atoms with E-state index in [1.54, 1.807) is 0 Å². The van der Waals surface area contributed by atoms with E-state index in [9.17, 15) is 19.5 Å². The molecule has 7 heteroatoms. The van der Waals surface area contributed by atoms with Crippen molar-refractivity contribution in [3.05, 3.63) is 23.8 Å². The van der Waals surface area contributed by atoms with Gasteiger partial charge in [0.2, 0.25) is 0 Å². The SMILES string of the molecule is C=C(CC[C@@H](C)[C@H]1CC[C@H]2[C@@H]3CC=C4C[C@@H](O)C[C@H](OC(C)=O)[C@]4(C)[C@H]3[C@H](OC(C)=O)C[C@]12COC(C)=O)C(C)C. The first-order valence-corrected chi connectivity index (χ1v) is 15.7. The third kappa shape index (κ3) is 6.03. The molecule has 3 fully saturated rings. The number of hydrogen-bond acceptors (Lipinski definition) is 7. The molecule has 0 spiro atoms. The van der Waals surface area contributed by atoms with Crippen LogP contribution >= 0.6 is 0 Å². The highest BCUT2D eigenvalue weighted by molar-refractivity contribution is 5.67. The third-order valence-electron chi connectivity index (χ3n) is 11.5. The van der Waals surface area contributed by atoms with Crippen LogP contribution in [0.25, 0.3) is 0 Å². The lowest BCUT2D eigenvalue weighted by Crippen LogP contribution is -2.63. The van der Waals surface area contributed by atoms with Crippen molar-refractivity contribution in [1.82, 2.24) is 0 Å². The molecule has 0 aromatic carbocycles. The molecule has 0 radical (unpaired) electrons. The number of ether oxygens (including phenoxy) is 3. The predicted octanol–water partition coefficient (Wildman–Crippen LogP) is 6.18. The molecular formula is C34H52O7. The van der Waals surface area contributed by atoms with Gasteiger partial charge in [0.1, 0.15) is 12.2 Å². The predicted molar refractivity (Wildman–Crippen MR) is 156 cm³/mol. The summed E-state index contributed by atoms with van der Waals surface area (Å²) in [7, 11) is 0. The highest BCUT2D eigenvalue weighted by Gasteiger charge is 2.67. The monoisotopic (exact) mass is 572 g/mol. The number of carbonyl (C=O) groups is 3. The maximum atomic E-state index is 12.6. The summed E-state index contributed by atoms with van der Waals surface area (Å²) in [5, 5.41) is 10.7. The van der Waals surface area contributed by atoms with E-state index >= 15 is 0 Å². The smallest absolute Gasteiger partial charge is 0.302 e. The van der Waals surface area contributed by atoms with Gasteiger partial charge in [0, 0.05) is 43.9 Å². The molecular weight excluding hydrogens is 520 g/mol. The van der Waals surface area contributed by atoms with Crippen molar-refractivity contribution in [3.63, 3.8) is 0 Å². The minimum Gasteiger partial charge on any atom is -0.465 e. The normalized spacial score (nSPS) is 38.6. The molecule has 41 heavy (non-hydrogen) atoms. The summed E-state index contributed by atoms with van der Waals surface area (Å²) < 4.78 is 18.0. The molecule has 10 atom stereocenters. The van der Waals surface area contributed by atoms with Crippen LogP contribution in [0, 0.1) is 46.3 Å². The van der Waals surface area contributed by atoms with Crippen LogP contribution in [0.1, 0.15) is 99.8 Å². The molecule has 0 aliphatic heterocycles. The van der Waals surface area contributed by atoms with Gasteiger partial charge in [-0.15, -0.1) is 0 Å². The molecule has 0 aromatic heterocycles. The van der Waals surface area contributed by atoms with Crippen LogP contribution in [0.2, 0.25) is 0 Å². The van der Waals surface area contributed by atoms with Crippen LogP contribution in [0.4, 0.5) is 0 Å². The van der Waals surface area contributed by atoms with Gasteiger partial charge in [-0.3, -0.25) is 14.4 Å². The number of esters is 3. The third-order valence-corrected chi connectivity index (χ3v) is 11.5. The zero-order valence-electron chi connectivity index (χ0n) is 26.2. The summed E-state index contributed by atoms with van der Waals surface area (Å²) in [4.78, 5) is 37.1. The van der Waals surface area contributed by atoms with Crippen LogP contribution in [-0.2, 0) is 28.6 Å². The molecule has 4 rings (SSSR count). The van der Waals surface area contributed by atoms with Crippen LogP contribution in [0.3, 0.4) is 0 Å². The second kappa shape index (κ2) is 12.2. The summed E-state index contributed by atoms with van der Waals surface area (Å²) in [6, 6.07) is 0. The van der Waals surface area contributed by atoms with Crippen molar-refractivity contribution in [1.29, 1.82) is 0 Å². The molecule has 7 nitrogen and oxygen atoms in total. The average Bonchev–Trinajstić information content (AvgIpc) is 3.25. The van der Waals surface area contributed by atoms with Crippen molar-refractivity contribution in [2.45, 2.75) is 118 Å². The van der Waals surface area contributed by atoms with Crippen molar-refractivity contribution >= 4 is 17.9 Å². The molecule has 230 valence electrons. The Morgan fingerprint density at radius 1 is 1.07 bits per heavy atom. The highest BCUT2D eigenvalue weighted by atomic mass is 16.6. The van der Waals surface area contributed by atoms with Crippen molar-refractivity contribution in [2.24, 2.45) is 46.3 Å². The highest BCUT2D eigenvalue weighted by Crippen LogP contribution is 2.68. The van der Waals surface area contributed by atoms with Gasteiger partial charge in [0.25, 0.3) is 0 Å². The first-order valence-electron chi connectivity index (χ1n) is 15.7. The summed E-state index contributed by atoms with van der Waals surface area (Å²) in [5.41, 5.74) is 1.50. The second-order valence-electron chi connectivity index (χ2n) is 14.1. The molecule has 4 aliphatic carbocycles. The van der Waals surface area contributed by atoms with Crippen LogP contribution in [0.5, 0.6) is 0 Å². The van der Waals surface area contributed by atoms with Gasteiger partial charge in [0.05, 0.1) is 12.7 Å². The average molecular weight is 573 g/mol. The van der Waals surface area contributed by atoms with Crippen molar-refractivity contribution < 1.29 is 33.7 Å². The van der Waals surface area contributed by atoms with E-state index in [1.165, 1.54) is 26.3 Å². The number of rotatable bonds is 9. The minimum atomic E-state index is -0.577. The summed E-state index contributed by atoms with van der Waals surface area (Å²) >= 11 is 0. The molecule has 0 heterocycles. The Bertz CT molecular complexity index is 1060. The second-order valence-corrected chi connectivity index (χ2v) is 14.1. The quantitative estimate of drug-likeness (QED) is 0.200. The Balaban J connectivity index is 1.77. The van der Waals surface area contributed by atoms with E-state index < -0.39 is 23.7 Å². The van der Waals surface area contributed by atoms with Crippen LogP contribution < -0.4 is 0 Å². The van der Waals surface area contributed by atoms with Gasteiger partial charge in [-0.25, -0.2) is 0 Å². The lowest BCUT2D eigenvalue weighted by atomic mass is 9.45. The first-order chi connectivity index (χ1) is 19.2. The summed E-state index contributed by atoms with van der Waals surface area (Å²) in [6.07, 6.45) is 7.16. The Hall–Kier alpha value is -2.15. The van der Waals surface area contributed by atoms with Crippen LogP contribution in [0.15, 0.2) is 23.8 Å². The number of carbonyl (C=O) groups excluding carboxylic acids is 3. The molecule has 0 unspecified atom stereocenters. The van der Waals surface area contributed by atoms with E-state index in [1.807, 2.05) is 0 Å². The van der Waals surface area contributed by atoms with Gasteiger partial charge in [-0.2, -0.15) is 0 Å². The maximum Gasteiger partial charge on any atom is 0.302 e. The van der Waals surface area contributed by atoms with Gasteiger partial charge in [0.15, 0.2) is 0 Å². The topological polar surface area (TPSA) is 99.1 Å². The van der Waals surface area contributed by atoms with Gasteiger partial charge >= 0.3 is 17.9 Å². The van der Waals surface area contributed by atoms with Gasteiger partial charge < -0.3 is 19.3 Å². The fraction of sp³-hybridized carbons (Fsp3) is 0.794. The van der Waals surface area contributed by atoms with E-state index in [4.69, 9.17) is 14.2 Å². The van der Waals surface area contributed by atoms with Gasteiger partial charge in [-0.1, -0.05) is 51.5 Å². The number of hydrogen-bond donors (Lipinski definition) is 1. The molecule has 0 saturated heterocycles. The Kier molecular flexibility index (Phi) is 9.47. The fourth-order valence-corrected chi connectivity index (χ4v) is 9.55. The zero-order valence-corrected chi connectivity index (χ0v) is 26.2. The molecule has 0 aromatic rings. The number of aliphatic hydroxyl groups excluding tert-OH is 1. The number of allylic oxidation sites excluding steroid dienone is 2. The van der Waals surface area contributed by atoms with E-state index in [2.05, 4.69) is 40.3 Å². The summed E-state index contributed by atoms with van der Waals surface area (Å²) in [5.74, 6) is 0.566. The van der Waals surface area contributed by atoms with E-state index in [-0.39, 0.29) is 41.1 Å². The number of fused-ring (bicyclic) bond motifs is 5. The van der Waals surface area contributed by atoms with E-state index in [0.29, 0.717) is 43.6 Å². The molecule has 0 amide bonds. The molecule has 3 saturated carbocycles. The Morgan fingerprint density at radius 3 is 2.37 bits per heavy atom. The number of aliphatic hydroxyl groups is 1. The Morgan fingerprint density at radius 2 is 1.76 bits per heavy atom. The van der Waals surface area contributed by atoms with Crippen molar-refractivity contribution in [3.8, 4) is 0 Å². The molecule has 4 aliphatic rings. The molecule has 1 N–H and O–H groups in total. The minimum absolute atomic E-state index is 0.0616. The first kappa shape index (κ1) is 31.8. The maximum absolute atomic E-state index is 12.6. The molecule has 0 bridgehead atoms. The zero-order chi connectivity index (χ0) is 30.3. The lowest BCUT2D eigenvalue weighted by Gasteiger charge is -2.62. The largest absolute Gasteiger partial charge is 0.465 e. The lowest BCUT2D eigenvalue weighted by molar-refractivity contribution is -0.204.